The second-order valence-electron chi connectivity index (χ2n) is 5.51. The van der Waals surface area contributed by atoms with Gasteiger partial charge in [-0.15, -0.1) is 11.3 Å². The third-order valence-corrected chi connectivity index (χ3v) is 5.16. The lowest BCUT2D eigenvalue weighted by Crippen LogP contribution is -2.47. The molecule has 1 aliphatic rings. The number of aryl methyl sites for hydroxylation is 2. The van der Waals surface area contributed by atoms with Crippen molar-refractivity contribution in [1.29, 1.82) is 5.26 Å². The topological polar surface area (TPSA) is 43.2 Å². The highest BCUT2D eigenvalue weighted by Gasteiger charge is 2.24. The zero-order chi connectivity index (χ0) is 16.6. The van der Waals surface area contributed by atoms with Crippen LogP contribution in [0.1, 0.15) is 16.1 Å². The Morgan fingerprint density at radius 3 is 2.13 bits per heavy atom. The number of piperazine rings is 1. The molecule has 1 aliphatic heterocycles. The van der Waals surface area contributed by atoms with E-state index in [2.05, 4.69) is 9.88 Å². The van der Waals surface area contributed by atoms with Crippen LogP contribution in [0.3, 0.4) is 0 Å². The molecule has 3 rings (SSSR count). The zero-order valence-corrected chi connectivity index (χ0v) is 13.8. The van der Waals surface area contributed by atoms with Crippen LogP contribution in [-0.2, 0) is 0 Å². The van der Waals surface area contributed by atoms with E-state index in [0.29, 0.717) is 26.2 Å². The van der Waals surface area contributed by atoms with Crippen molar-refractivity contribution in [3.63, 3.8) is 0 Å². The first-order valence-electron chi connectivity index (χ1n) is 7.32. The van der Waals surface area contributed by atoms with Crippen molar-refractivity contribution in [3.8, 4) is 6.07 Å². The second kappa shape index (κ2) is 6.13. The predicted octanol–water partition coefficient (Wildman–Crippen LogP) is 3.24. The van der Waals surface area contributed by atoms with Gasteiger partial charge in [0.2, 0.25) is 0 Å². The Morgan fingerprint density at radius 1 is 1.09 bits per heavy atom. The van der Waals surface area contributed by atoms with Crippen molar-refractivity contribution >= 4 is 22.2 Å². The molecule has 0 spiro atoms. The molecule has 0 unspecified atom stereocenters. The maximum atomic E-state index is 14.1. The normalized spacial score (nSPS) is 14.9. The molecule has 2 heterocycles. The second-order valence-corrected chi connectivity index (χ2v) is 6.69. The molecule has 0 atom stereocenters. The van der Waals surface area contributed by atoms with Crippen molar-refractivity contribution in [3.05, 3.63) is 39.9 Å². The van der Waals surface area contributed by atoms with Crippen molar-refractivity contribution in [2.45, 2.75) is 13.8 Å². The Balaban J connectivity index is 1.76. The number of halogens is 2. The first kappa shape index (κ1) is 15.7. The Morgan fingerprint density at radius 2 is 1.65 bits per heavy atom. The minimum Gasteiger partial charge on any atom is -0.363 e. The van der Waals surface area contributed by atoms with Crippen LogP contribution in [0.15, 0.2) is 12.1 Å². The molecule has 7 heteroatoms. The Hall–Kier alpha value is -2.20. The molecule has 0 amide bonds. The van der Waals surface area contributed by atoms with Gasteiger partial charge in [-0.25, -0.2) is 13.8 Å². The summed E-state index contributed by atoms with van der Waals surface area (Å²) in [6, 6.07) is 3.92. The summed E-state index contributed by atoms with van der Waals surface area (Å²) in [6.45, 7) is 6.35. The lowest BCUT2D eigenvalue weighted by atomic mass is 10.1. The van der Waals surface area contributed by atoms with E-state index >= 15 is 0 Å². The molecule has 23 heavy (non-hydrogen) atoms. The maximum absolute atomic E-state index is 14.1. The van der Waals surface area contributed by atoms with Gasteiger partial charge >= 0.3 is 0 Å². The third kappa shape index (κ3) is 2.99. The summed E-state index contributed by atoms with van der Waals surface area (Å²) >= 11 is 1.64. The largest absolute Gasteiger partial charge is 0.363 e. The van der Waals surface area contributed by atoms with Crippen molar-refractivity contribution < 1.29 is 8.78 Å². The van der Waals surface area contributed by atoms with E-state index in [4.69, 9.17) is 5.26 Å². The van der Waals surface area contributed by atoms with Gasteiger partial charge in [0, 0.05) is 31.1 Å². The molecule has 0 saturated carbocycles. The highest BCUT2D eigenvalue weighted by Crippen LogP contribution is 2.29. The fourth-order valence-corrected chi connectivity index (χ4v) is 3.61. The Kier molecular flexibility index (Phi) is 4.18. The number of benzene rings is 1. The standard InChI is InChI=1S/C16H16F2N4S/c1-10-11(2)23-16(20-10)22-5-3-21(4-6-22)15-13(17)7-12(9-19)8-14(15)18/h7-8H,3-6H2,1-2H3. The summed E-state index contributed by atoms with van der Waals surface area (Å²) in [4.78, 5) is 9.55. The average molecular weight is 334 g/mol. The number of rotatable bonds is 2. The minimum absolute atomic E-state index is 0.00359. The molecule has 120 valence electrons. The summed E-state index contributed by atoms with van der Waals surface area (Å²) in [7, 11) is 0. The number of hydrogen-bond acceptors (Lipinski definition) is 5. The maximum Gasteiger partial charge on any atom is 0.185 e. The minimum atomic E-state index is -0.684. The van der Waals surface area contributed by atoms with Gasteiger partial charge in [0.05, 0.1) is 17.3 Å². The van der Waals surface area contributed by atoms with E-state index in [0.717, 1.165) is 23.0 Å². The summed E-state index contributed by atoms with van der Waals surface area (Å²) in [5, 5.41) is 9.72. The van der Waals surface area contributed by atoms with Crippen molar-refractivity contribution in [2.24, 2.45) is 0 Å². The molecule has 1 aromatic carbocycles. The van der Waals surface area contributed by atoms with Crippen molar-refractivity contribution in [2.75, 3.05) is 36.0 Å². The fraction of sp³-hybridized carbons (Fsp3) is 0.375. The fourth-order valence-electron chi connectivity index (χ4n) is 2.64. The molecule has 1 saturated heterocycles. The van der Waals surface area contributed by atoms with Crippen molar-refractivity contribution in [1.82, 2.24) is 4.98 Å². The van der Waals surface area contributed by atoms with Crippen LogP contribution < -0.4 is 9.80 Å². The number of anilines is 2. The quantitative estimate of drug-likeness (QED) is 0.846. The van der Waals surface area contributed by atoms with Gasteiger partial charge in [-0.2, -0.15) is 5.26 Å². The van der Waals surface area contributed by atoms with Crippen LogP contribution >= 0.6 is 11.3 Å². The van der Waals surface area contributed by atoms with Crippen LogP contribution in [0.5, 0.6) is 0 Å². The zero-order valence-electron chi connectivity index (χ0n) is 12.9. The van der Waals surface area contributed by atoms with E-state index in [1.54, 1.807) is 22.3 Å². The highest BCUT2D eigenvalue weighted by atomic mass is 32.1. The summed E-state index contributed by atoms with van der Waals surface area (Å²) in [5.41, 5.74) is 0.975. The summed E-state index contributed by atoms with van der Waals surface area (Å²) < 4.78 is 28.2. The van der Waals surface area contributed by atoms with Gasteiger partial charge in [0.15, 0.2) is 16.8 Å². The van der Waals surface area contributed by atoms with E-state index in [9.17, 15) is 8.78 Å². The lowest BCUT2D eigenvalue weighted by molar-refractivity contribution is 0.556. The van der Waals surface area contributed by atoms with Gasteiger partial charge in [-0.1, -0.05) is 0 Å². The van der Waals surface area contributed by atoms with Gasteiger partial charge in [-0.3, -0.25) is 0 Å². The molecular formula is C16H16F2N4S. The first-order valence-corrected chi connectivity index (χ1v) is 8.14. The number of hydrogen-bond donors (Lipinski definition) is 0. The van der Waals surface area contributed by atoms with E-state index in [1.807, 2.05) is 13.8 Å². The molecule has 1 fully saturated rings. The van der Waals surface area contributed by atoms with Crippen LogP contribution in [-0.4, -0.2) is 31.2 Å². The van der Waals surface area contributed by atoms with Gasteiger partial charge in [0.25, 0.3) is 0 Å². The van der Waals surface area contributed by atoms with Crippen LogP contribution in [0.2, 0.25) is 0 Å². The molecule has 2 aromatic rings. The molecule has 1 aromatic heterocycles. The van der Waals surface area contributed by atoms with Crippen LogP contribution in [0.25, 0.3) is 0 Å². The van der Waals surface area contributed by atoms with Crippen LogP contribution in [0, 0.1) is 36.8 Å². The van der Waals surface area contributed by atoms with E-state index in [-0.39, 0.29) is 11.3 Å². The van der Waals surface area contributed by atoms with E-state index < -0.39 is 11.6 Å². The average Bonchev–Trinajstić information content (AvgIpc) is 2.86. The number of nitriles is 1. The van der Waals surface area contributed by atoms with E-state index in [1.165, 1.54) is 4.88 Å². The SMILES string of the molecule is Cc1nc(N2CCN(c3c(F)cc(C#N)cc3F)CC2)sc1C. The van der Waals surface area contributed by atoms with Gasteiger partial charge in [-0.05, 0) is 26.0 Å². The molecule has 0 radical (unpaired) electrons. The molecular weight excluding hydrogens is 318 g/mol. The van der Waals surface area contributed by atoms with Gasteiger partial charge < -0.3 is 9.80 Å². The van der Waals surface area contributed by atoms with Gasteiger partial charge in [0.1, 0.15) is 5.69 Å². The number of thiazole rings is 1. The molecule has 0 aliphatic carbocycles. The Labute approximate surface area is 137 Å². The lowest BCUT2D eigenvalue weighted by Gasteiger charge is -2.36. The highest BCUT2D eigenvalue weighted by molar-refractivity contribution is 7.15. The molecule has 0 N–H and O–H groups in total. The summed E-state index contributed by atoms with van der Waals surface area (Å²) in [5.74, 6) is -1.37. The first-order chi connectivity index (χ1) is 11.0. The smallest absolute Gasteiger partial charge is 0.185 e. The third-order valence-electron chi connectivity index (χ3n) is 4.03. The monoisotopic (exact) mass is 334 g/mol. The molecule has 0 bridgehead atoms. The number of aromatic nitrogens is 1. The summed E-state index contributed by atoms with van der Waals surface area (Å²) in [6.07, 6.45) is 0. The van der Waals surface area contributed by atoms with Crippen LogP contribution in [0.4, 0.5) is 19.6 Å². The molecule has 4 nitrogen and oxygen atoms in total. The Bertz CT molecular complexity index is 730. The predicted molar refractivity (Wildman–Crippen MR) is 87.1 cm³/mol. The number of nitrogens with zero attached hydrogens (tertiary/aromatic N) is 4.